The number of carbonyl (C=O) groups is 3. The lowest BCUT2D eigenvalue weighted by Gasteiger charge is -2.37. The van der Waals surface area contributed by atoms with Crippen LogP contribution >= 0.6 is 0 Å². The predicted molar refractivity (Wildman–Crippen MR) is 84.9 cm³/mol. The van der Waals surface area contributed by atoms with Gasteiger partial charge in [0.2, 0.25) is 11.8 Å². The fraction of sp³-hybridized carbons (Fsp3) is 0.421. The van der Waals surface area contributed by atoms with E-state index in [1.165, 1.54) is 11.8 Å². The van der Waals surface area contributed by atoms with Gasteiger partial charge in [-0.25, -0.2) is 4.90 Å². The van der Waals surface area contributed by atoms with Gasteiger partial charge in [-0.2, -0.15) is 0 Å². The minimum absolute atomic E-state index is 0.144. The molecule has 0 spiro atoms. The van der Waals surface area contributed by atoms with E-state index in [2.05, 4.69) is 12.2 Å². The molecule has 1 saturated heterocycles. The molecule has 0 N–H and O–H groups in total. The molecule has 0 aromatic heterocycles. The van der Waals surface area contributed by atoms with Gasteiger partial charge in [-0.1, -0.05) is 24.3 Å². The maximum absolute atomic E-state index is 13.1. The van der Waals surface area contributed by atoms with Gasteiger partial charge < -0.3 is 4.74 Å². The average Bonchev–Trinajstić information content (AvgIpc) is 3.33. The van der Waals surface area contributed by atoms with Gasteiger partial charge in [-0.05, 0) is 42.2 Å². The van der Waals surface area contributed by atoms with Crippen molar-refractivity contribution in [2.45, 2.75) is 13.3 Å². The number of hydrogen-bond donors (Lipinski definition) is 0. The Hall–Kier alpha value is -2.43. The number of para-hydroxylation sites is 2. The zero-order chi connectivity index (χ0) is 16.6. The molecule has 4 aliphatic carbocycles. The SMILES string of the molecule is CC(=O)Oc1ccccc1N1C(=O)[C@@H]2[C@H]3C=C[C@@H]([C@@H]4C[C@H]34)[C@H]2C1=O. The summed E-state index contributed by atoms with van der Waals surface area (Å²) in [6.07, 6.45) is 5.43. The molecule has 2 bridgehead atoms. The summed E-state index contributed by atoms with van der Waals surface area (Å²) in [6, 6.07) is 6.75. The molecular formula is C19H17NO4. The van der Waals surface area contributed by atoms with Crippen LogP contribution in [-0.4, -0.2) is 17.8 Å². The van der Waals surface area contributed by atoms with Gasteiger partial charge in [-0.3, -0.25) is 14.4 Å². The van der Waals surface area contributed by atoms with Crippen LogP contribution in [0.5, 0.6) is 5.75 Å². The molecule has 2 saturated carbocycles. The highest BCUT2D eigenvalue weighted by Crippen LogP contribution is 2.65. The van der Waals surface area contributed by atoms with Crippen molar-refractivity contribution in [2.24, 2.45) is 35.5 Å². The highest BCUT2D eigenvalue weighted by molar-refractivity contribution is 6.23. The number of carbonyl (C=O) groups excluding carboxylic acids is 3. The van der Waals surface area contributed by atoms with Crippen molar-refractivity contribution in [3.63, 3.8) is 0 Å². The number of hydrogen-bond acceptors (Lipinski definition) is 4. The number of benzene rings is 1. The van der Waals surface area contributed by atoms with Crippen LogP contribution in [-0.2, 0) is 14.4 Å². The Morgan fingerprint density at radius 2 is 1.62 bits per heavy atom. The van der Waals surface area contributed by atoms with Crippen LogP contribution in [0.15, 0.2) is 36.4 Å². The normalized spacial score (nSPS) is 38.1. The third kappa shape index (κ3) is 1.67. The first-order valence-electron chi connectivity index (χ1n) is 8.41. The van der Waals surface area contributed by atoms with E-state index in [0.717, 1.165) is 6.42 Å². The Morgan fingerprint density at radius 3 is 2.21 bits per heavy atom. The van der Waals surface area contributed by atoms with Crippen LogP contribution in [0.2, 0.25) is 0 Å². The largest absolute Gasteiger partial charge is 0.424 e. The molecule has 0 unspecified atom stereocenters. The molecule has 5 aliphatic rings. The van der Waals surface area contributed by atoms with Crippen molar-refractivity contribution < 1.29 is 19.1 Å². The van der Waals surface area contributed by atoms with E-state index in [9.17, 15) is 14.4 Å². The lowest BCUT2D eigenvalue weighted by molar-refractivity contribution is -0.132. The van der Waals surface area contributed by atoms with Gasteiger partial charge in [0.25, 0.3) is 0 Å². The molecule has 1 aromatic rings. The number of amides is 2. The quantitative estimate of drug-likeness (QED) is 0.362. The third-order valence-electron chi connectivity index (χ3n) is 6.02. The molecule has 1 aromatic carbocycles. The predicted octanol–water partition coefficient (Wildman–Crippen LogP) is 2.17. The van der Waals surface area contributed by atoms with E-state index < -0.39 is 5.97 Å². The van der Waals surface area contributed by atoms with Crippen LogP contribution in [0.1, 0.15) is 13.3 Å². The van der Waals surface area contributed by atoms with Crippen LogP contribution in [0.4, 0.5) is 5.69 Å². The molecule has 0 radical (unpaired) electrons. The zero-order valence-corrected chi connectivity index (χ0v) is 13.2. The van der Waals surface area contributed by atoms with Gasteiger partial charge in [0, 0.05) is 6.92 Å². The van der Waals surface area contributed by atoms with Gasteiger partial charge in [-0.15, -0.1) is 0 Å². The minimum atomic E-state index is -0.470. The maximum Gasteiger partial charge on any atom is 0.308 e. The Balaban J connectivity index is 1.57. The second kappa shape index (κ2) is 4.56. The second-order valence-electron chi connectivity index (χ2n) is 7.23. The summed E-state index contributed by atoms with van der Waals surface area (Å²) in [6.45, 7) is 1.31. The number of esters is 1. The molecule has 3 fully saturated rings. The lowest BCUT2D eigenvalue weighted by atomic mass is 9.63. The van der Waals surface area contributed by atoms with Crippen molar-refractivity contribution in [1.29, 1.82) is 0 Å². The molecule has 2 amide bonds. The summed E-state index contributed by atoms with van der Waals surface area (Å²) >= 11 is 0. The first-order valence-corrected chi connectivity index (χ1v) is 8.41. The highest BCUT2D eigenvalue weighted by atomic mass is 16.5. The van der Waals surface area contributed by atoms with E-state index in [1.54, 1.807) is 24.3 Å². The molecule has 1 heterocycles. The standard InChI is InChI=1S/C19H17NO4/c1-9(21)24-15-5-3-2-4-14(15)20-18(22)16-10-6-7-11(13-8-12(10)13)17(16)19(20)23/h2-7,10-13,16-17H,8H2,1H3/t10-,11-,12-,13+,16+,17+/m0/s1. The summed E-state index contributed by atoms with van der Waals surface area (Å²) in [5, 5.41) is 0. The van der Waals surface area contributed by atoms with Gasteiger partial charge in [0.15, 0.2) is 5.75 Å². The van der Waals surface area contributed by atoms with Crippen molar-refractivity contribution in [3.05, 3.63) is 36.4 Å². The summed E-state index contributed by atoms with van der Waals surface area (Å²) in [5.74, 6) is 0.521. The average molecular weight is 323 g/mol. The zero-order valence-electron chi connectivity index (χ0n) is 13.2. The lowest BCUT2D eigenvalue weighted by Crippen LogP contribution is -2.40. The molecule has 5 heteroatoms. The van der Waals surface area contributed by atoms with Crippen molar-refractivity contribution in [2.75, 3.05) is 4.90 Å². The highest BCUT2D eigenvalue weighted by Gasteiger charge is 2.67. The topological polar surface area (TPSA) is 63.7 Å². The van der Waals surface area contributed by atoms with Gasteiger partial charge in [0.1, 0.15) is 0 Å². The molecule has 24 heavy (non-hydrogen) atoms. The molecule has 1 aliphatic heterocycles. The van der Waals surface area contributed by atoms with Gasteiger partial charge in [0.05, 0.1) is 17.5 Å². The summed E-state index contributed by atoms with van der Waals surface area (Å²) in [4.78, 5) is 38.7. The van der Waals surface area contributed by atoms with E-state index in [0.29, 0.717) is 17.5 Å². The van der Waals surface area contributed by atoms with E-state index >= 15 is 0 Å². The Labute approximate surface area is 139 Å². The second-order valence-corrected chi connectivity index (χ2v) is 7.23. The minimum Gasteiger partial charge on any atom is -0.424 e. The first kappa shape index (κ1) is 14.0. The van der Waals surface area contributed by atoms with Crippen LogP contribution < -0.4 is 9.64 Å². The molecule has 122 valence electrons. The summed E-state index contributed by atoms with van der Waals surface area (Å²) in [5.41, 5.74) is 0.380. The fourth-order valence-electron chi connectivity index (χ4n) is 5.08. The van der Waals surface area contributed by atoms with Crippen LogP contribution in [0, 0.1) is 35.5 Å². The molecule has 6 atom stereocenters. The maximum atomic E-state index is 13.1. The molecular weight excluding hydrogens is 306 g/mol. The number of anilines is 1. The summed E-state index contributed by atoms with van der Waals surface area (Å²) in [7, 11) is 0. The van der Waals surface area contributed by atoms with Gasteiger partial charge >= 0.3 is 5.97 Å². The van der Waals surface area contributed by atoms with Crippen LogP contribution in [0.25, 0.3) is 0 Å². The number of rotatable bonds is 2. The fourth-order valence-corrected chi connectivity index (χ4v) is 5.08. The first-order chi connectivity index (χ1) is 11.6. The Morgan fingerprint density at radius 1 is 1.04 bits per heavy atom. The number of nitrogens with zero attached hydrogens (tertiary/aromatic N) is 1. The van der Waals surface area contributed by atoms with E-state index in [4.69, 9.17) is 4.74 Å². The van der Waals surface area contributed by atoms with E-state index in [-0.39, 0.29) is 41.2 Å². The third-order valence-corrected chi connectivity index (χ3v) is 6.02. The van der Waals surface area contributed by atoms with Crippen molar-refractivity contribution >= 4 is 23.5 Å². The number of allylic oxidation sites excluding steroid dienone is 2. The Kier molecular flexibility index (Phi) is 2.65. The monoisotopic (exact) mass is 323 g/mol. The van der Waals surface area contributed by atoms with Crippen LogP contribution in [0.3, 0.4) is 0 Å². The summed E-state index contributed by atoms with van der Waals surface area (Å²) < 4.78 is 5.21. The van der Waals surface area contributed by atoms with Crippen molar-refractivity contribution in [1.82, 2.24) is 0 Å². The van der Waals surface area contributed by atoms with Crippen molar-refractivity contribution in [3.8, 4) is 5.75 Å². The van der Waals surface area contributed by atoms with E-state index in [1.807, 2.05) is 0 Å². The number of ether oxygens (including phenoxy) is 1. The Bertz CT molecular complexity index is 777. The molecule has 6 rings (SSSR count). The smallest absolute Gasteiger partial charge is 0.308 e. The number of imide groups is 1. The molecule has 5 nitrogen and oxygen atoms in total.